The van der Waals surface area contributed by atoms with Gasteiger partial charge in [-0.3, -0.25) is 9.69 Å². The second-order valence-corrected chi connectivity index (χ2v) is 6.40. The summed E-state index contributed by atoms with van der Waals surface area (Å²) in [6.07, 6.45) is 2.55. The molecule has 0 radical (unpaired) electrons. The molecule has 0 aromatic heterocycles. The van der Waals surface area contributed by atoms with E-state index in [2.05, 4.69) is 31.1 Å². The number of carbonyl (C=O) groups is 2. The van der Waals surface area contributed by atoms with Gasteiger partial charge in [0.15, 0.2) is 0 Å². The molecule has 20 heavy (non-hydrogen) atoms. The topological polar surface area (TPSA) is 72.9 Å². The summed E-state index contributed by atoms with van der Waals surface area (Å²) in [5.41, 5.74) is -0.515. The number of piperazine rings is 1. The van der Waals surface area contributed by atoms with Crippen LogP contribution in [0, 0.1) is 0 Å². The normalized spacial score (nSPS) is 29.6. The van der Waals surface area contributed by atoms with Crippen LogP contribution >= 0.6 is 0 Å². The van der Waals surface area contributed by atoms with Crippen molar-refractivity contribution < 1.29 is 14.7 Å². The van der Waals surface area contributed by atoms with Crippen LogP contribution in [0.15, 0.2) is 0 Å². The van der Waals surface area contributed by atoms with Gasteiger partial charge in [-0.15, -0.1) is 0 Å². The van der Waals surface area contributed by atoms with Gasteiger partial charge in [0.05, 0.1) is 12.0 Å². The predicted molar refractivity (Wildman–Crippen MR) is 75.6 cm³/mol. The lowest BCUT2D eigenvalue weighted by atomic mass is 9.74. The molecular formula is C14H25N3O3. The van der Waals surface area contributed by atoms with Crippen LogP contribution in [0.4, 0.5) is 4.79 Å². The zero-order chi connectivity index (χ0) is 14.9. The van der Waals surface area contributed by atoms with E-state index in [1.54, 1.807) is 0 Å². The van der Waals surface area contributed by atoms with Crippen molar-refractivity contribution in [2.75, 3.05) is 20.1 Å². The van der Waals surface area contributed by atoms with Gasteiger partial charge in [0, 0.05) is 25.2 Å². The lowest BCUT2D eigenvalue weighted by Gasteiger charge is -2.46. The fourth-order valence-electron chi connectivity index (χ4n) is 3.12. The molecule has 2 aliphatic rings. The Labute approximate surface area is 120 Å². The van der Waals surface area contributed by atoms with Crippen LogP contribution in [0.1, 0.15) is 39.5 Å². The Morgan fingerprint density at radius 3 is 2.20 bits per heavy atom. The van der Waals surface area contributed by atoms with Gasteiger partial charge < -0.3 is 15.3 Å². The second kappa shape index (κ2) is 5.60. The van der Waals surface area contributed by atoms with Gasteiger partial charge in [0.2, 0.25) is 0 Å². The number of aliphatic carboxylic acids is 1. The van der Waals surface area contributed by atoms with Gasteiger partial charge in [0.25, 0.3) is 0 Å². The highest BCUT2D eigenvalue weighted by molar-refractivity contribution is 5.77. The van der Waals surface area contributed by atoms with Gasteiger partial charge >= 0.3 is 12.0 Å². The minimum Gasteiger partial charge on any atom is -0.481 e. The Bertz CT molecular complexity index is 383. The van der Waals surface area contributed by atoms with E-state index in [1.807, 2.05) is 4.90 Å². The smallest absolute Gasteiger partial charge is 0.317 e. The molecule has 114 valence electrons. The fourth-order valence-corrected chi connectivity index (χ4v) is 3.12. The standard InChI is InChI=1S/C14H25N3O3/c1-10-8-17(9-11(2)16(10)3)13(20)15-14(5-4-6-14)7-12(18)19/h10-11H,4-9H2,1-3H3,(H,15,20)(H,18,19). The number of urea groups is 1. The first-order chi connectivity index (χ1) is 9.33. The van der Waals surface area contributed by atoms with Crippen molar-refractivity contribution in [1.29, 1.82) is 0 Å². The third-order valence-corrected chi connectivity index (χ3v) is 4.82. The monoisotopic (exact) mass is 283 g/mol. The molecule has 6 nitrogen and oxygen atoms in total. The molecule has 0 spiro atoms. The first-order valence-electron chi connectivity index (χ1n) is 7.34. The number of hydrogen-bond acceptors (Lipinski definition) is 3. The number of nitrogens with zero attached hydrogens (tertiary/aromatic N) is 2. The van der Waals surface area contributed by atoms with E-state index in [4.69, 9.17) is 5.11 Å². The molecular weight excluding hydrogens is 258 g/mol. The molecule has 1 saturated carbocycles. The number of hydrogen-bond donors (Lipinski definition) is 2. The van der Waals surface area contributed by atoms with Gasteiger partial charge in [-0.1, -0.05) is 0 Å². The zero-order valence-corrected chi connectivity index (χ0v) is 12.6. The second-order valence-electron chi connectivity index (χ2n) is 6.40. The zero-order valence-electron chi connectivity index (χ0n) is 12.6. The summed E-state index contributed by atoms with van der Waals surface area (Å²) in [6.45, 7) is 5.59. The van der Waals surface area contributed by atoms with E-state index in [-0.39, 0.29) is 12.5 Å². The van der Waals surface area contributed by atoms with Gasteiger partial charge in [-0.25, -0.2) is 4.79 Å². The highest BCUT2D eigenvalue weighted by atomic mass is 16.4. The number of carbonyl (C=O) groups excluding carboxylic acids is 1. The third kappa shape index (κ3) is 3.06. The molecule has 2 amide bonds. The lowest BCUT2D eigenvalue weighted by Crippen LogP contribution is -2.63. The van der Waals surface area contributed by atoms with Gasteiger partial charge in [-0.2, -0.15) is 0 Å². The van der Waals surface area contributed by atoms with Crippen molar-refractivity contribution in [3.05, 3.63) is 0 Å². The predicted octanol–water partition coefficient (Wildman–Crippen LogP) is 1.12. The third-order valence-electron chi connectivity index (χ3n) is 4.82. The summed E-state index contributed by atoms with van der Waals surface area (Å²) in [7, 11) is 2.07. The van der Waals surface area contributed by atoms with Crippen LogP contribution in [0.25, 0.3) is 0 Å². The molecule has 6 heteroatoms. The Morgan fingerprint density at radius 2 is 1.80 bits per heavy atom. The van der Waals surface area contributed by atoms with Crippen LogP contribution < -0.4 is 5.32 Å². The first-order valence-corrected chi connectivity index (χ1v) is 7.34. The number of carboxylic acids is 1. The van der Waals surface area contributed by atoms with Crippen molar-refractivity contribution in [2.45, 2.75) is 57.2 Å². The summed E-state index contributed by atoms with van der Waals surface area (Å²) >= 11 is 0. The summed E-state index contributed by atoms with van der Waals surface area (Å²) in [4.78, 5) is 27.4. The molecule has 0 aromatic rings. The molecule has 2 fully saturated rings. The number of amides is 2. The Morgan fingerprint density at radius 1 is 1.25 bits per heavy atom. The van der Waals surface area contributed by atoms with Gasteiger partial charge in [0.1, 0.15) is 0 Å². The van der Waals surface area contributed by atoms with Crippen molar-refractivity contribution in [2.24, 2.45) is 0 Å². The van der Waals surface area contributed by atoms with Crippen molar-refractivity contribution in [3.8, 4) is 0 Å². The Balaban J connectivity index is 1.96. The molecule has 1 aliphatic carbocycles. The molecule has 2 rings (SSSR count). The summed E-state index contributed by atoms with van der Waals surface area (Å²) in [5.74, 6) is -0.842. The van der Waals surface area contributed by atoms with Crippen LogP contribution in [-0.4, -0.2) is 64.7 Å². The first kappa shape index (κ1) is 15.1. The number of likely N-dealkylation sites (N-methyl/N-ethyl adjacent to an activating group) is 1. The van der Waals surface area contributed by atoms with Crippen molar-refractivity contribution in [3.63, 3.8) is 0 Å². The maximum Gasteiger partial charge on any atom is 0.317 e. The highest BCUT2D eigenvalue weighted by Gasteiger charge is 2.42. The highest BCUT2D eigenvalue weighted by Crippen LogP contribution is 2.35. The molecule has 1 saturated heterocycles. The van der Waals surface area contributed by atoms with Crippen LogP contribution in [-0.2, 0) is 4.79 Å². The van der Waals surface area contributed by atoms with Crippen molar-refractivity contribution >= 4 is 12.0 Å². The molecule has 2 unspecified atom stereocenters. The van der Waals surface area contributed by atoms with E-state index in [0.717, 1.165) is 19.3 Å². The molecule has 2 atom stereocenters. The van der Waals surface area contributed by atoms with E-state index >= 15 is 0 Å². The molecule has 1 aliphatic heterocycles. The number of carboxylic acid groups (broad SMARTS) is 1. The van der Waals surface area contributed by atoms with Crippen molar-refractivity contribution in [1.82, 2.24) is 15.1 Å². The lowest BCUT2D eigenvalue weighted by molar-refractivity contribution is -0.139. The number of nitrogens with one attached hydrogen (secondary N) is 1. The molecule has 2 N–H and O–H groups in total. The fraction of sp³-hybridized carbons (Fsp3) is 0.857. The van der Waals surface area contributed by atoms with E-state index < -0.39 is 11.5 Å². The van der Waals surface area contributed by atoms with Crippen LogP contribution in [0.2, 0.25) is 0 Å². The minimum absolute atomic E-state index is 0.0254. The summed E-state index contributed by atoms with van der Waals surface area (Å²) in [6, 6.07) is 0.528. The quantitative estimate of drug-likeness (QED) is 0.814. The minimum atomic E-state index is -0.842. The Hall–Kier alpha value is -1.30. The molecule has 0 aromatic carbocycles. The van der Waals surface area contributed by atoms with E-state index in [9.17, 15) is 9.59 Å². The maximum atomic E-state index is 12.4. The average molecular weight is 283 g/mol. The summed E-state index contributed by atoms with van der Waals surface area (Å²) < 4.78 is 0. The molecule has 1 heterocycles. The van der Waals surface area contributed by atoms with E-state index in [0.29, 0.717) is 25.2 Å². The maximum absolute atomic E-state index is 12.4. The van der Waals surface area contributed by atoms with Crippen LogP contribution in [0.5, 0.6) is 0 Å². The van der Waals surface area contributed by atoms with Crippen LogP contribution in [0.3, 0.4) is 0 Å². The Kier molecular flexibility index (Phi) is 4.22. The van der Waals surface area contributed by atoms with Gasteiger partial charge in [-0.05, 0) is 40.2 Å². The number of rotatable bonds is 3. The SMILES string of the molecule is CC1CN(C(=O)NC2(CC(=O)O)CCC2)CC(C)N1C. The molecule has 0 bridgehead atoms. The average Bonchev–Trinajstić information content (AvgIpc) is 2.31. The van der Waals surface area contributed by atoms with E-state index in [1.165, 1.54) is 0 Å². The largest absolute Gasteiger partial charge is 0.481 e. The summed E-state index contributed by atoms with van der Waals surface area (Å²) in [5, 5.41) is 12.0.